The van der Waals surface area contributed by atoms with Gasteiger partial charge < -0.3 is 14.4 Å². The van der Waals surface area contributed by atoms with E-state index in [1.807, 2.05) is 11.5 Å². The Hall–Kier alpha value is -4.53. The van der Waals surface area contributed by atoms with Gasteiger partial charge in [0, 0.05) is 28.0 Å². The second kappa shape index (κ2) is 8.78. The average Bonchev–Trinajstić information content (AvgIpc) is 3.14. The molecule has 0 fully saturated rings. The van der Waals surface area contributed by atoms with E-state index in [-0.39, 0.29) is 22.2 Å². The third-order valence-electron chi connectivity index (χ3n) is 5.64. The maximum atomic E-state index is 13.2. The van der Waals surface area contributed by atoms with E-state index in [0.29, 0.717) is 16.8 Å². The molecule has 9 heteroatoms. The summed E-state index contributed by atoms with van der Waals surface area (Å²) in [5.41, 5.74) is 2.11. The minimum absolute atomic E-state index is 0.180. The molecule has 0 aliphatic rings. The van der Waals surface area contributed by atoms with Crippen molar-refractivity contribution in [2.75, 3.05) is 7.11 Å². The van der Waals surface area contributed by atoms with E-state index in [1.54, 1.807) is 49.4 Å². The van der Waals surface area contributed by atoms with Gasteiger partial charge in [0.05, 0.1) is 18.1 Å². The first-order chi connectivity index (χ1) is 16.2. The van der Waals surface area contributed by atoms with Crippen molar-refractivity contribution in [2.45, 2.75) is 20.4 Å². The largest absolute Gasteiger partial charge is 0.476 e. The fourth-order valence-corrected chi connectivity index (χ4v) is 4.03. The molecule has 4 rings (SSSR count). The monoisotopic (exact) mass is 459 g/mol. The third kappa shape index (κ3) is 3.88. The van der Waals surface area contributed by atoms with Crippen molar-refractivity contribution < 1.29 is 24.2 Å². The van der Waals surface area contributed by atoms with Crippen molar-refractivity contribution in [3.05, 3.63) is 93.2 Å². The molecule has 172 valence electrons. The van der Waals surface area contributed by atoms with E-state index < -0.39 is 24.0 Å². The fraction of sp³-hybridized carbons (Fsp3) is 0.160. The number of carboxylic acids is 1. The van der Waals surface area contributed by atoms with Crippen LogP contribution in [0, 0.1) is 13.8 Å². The number of carbonyl (C=O) groups is 3. The van der Waals surface area contributed by atoms with Crippen LogP contribution in [0.5, 0.6) is 0 Å². The van der Waals surface area contributed by atoms with Crippen molar-refractivity contribution in [2.24, 2.45) is 0 Å². The number of aromatic nitrogens is 3. The van der Waals surface area contributed by atoms with Crippen LogP contribution in [0.25, 0.3) is 16.5 Å². The number of Topliss-reactive ketones (excluding diaryl/α,β-unsaturated/α-hetero) is 1. The molecule has 0 aliphatic heterocycles. The summed E-state index contributed by atoms with van der Waals surface area (Å²) in [4.78, 5) is 49.4. The number of methoxy groups -OCH3 is 1. The highest BCUT2D eigenvalue weighted by atomic mass is 16.5. The predicted molar refractivity (Wildman–Crippen MR) is 124 cm³/mol. The molecule has 0 saturated carbocycles. The van der Waals surface area contributed by atoms with Gasteiger partial charge in [-0.3, -0.25) is 9.59 Å². The molecule has 2 aromatic heterocycles. The molecule has 0 unspecified atom stereocenters. The van der Waals surface area contributed by atoms with Gasteiger partial charge in [0.1, 0.15) is 6.54 Å². The van der Waals surface area contributed by atoms with E-state index in [1.165, 1.54) is 19.2 Å². The quantitative estimate of drug-likeness (QED) is 0.347. The standard InChI is InChI=1S/C25H21N3O6/c1-14-12-20(15(2)28(14)17-10-8-16(9-11-17)25(33)34-3)21(29)13-27-23(30)19-7-5-4-6-18(19)22(26-27)24(31)32/h4-12H,13H2,1-3H3,(H,31,32). The van der Waals surface area contributed by atoms with Crippen LogP contribution in [0.4, 0.5) is 0 Å². The number of rotatable bonds is 6. The lowest BCUT2D eigenvalue weighted by Crippen LogP contribution is -2.29. The molecule has 2 aromatic carbocycles. The van der Waals surface area contributed by atoms with Crippen molar-refractivity contribution in [3.8, 4) is 5.69 Å². The molecule has 0 spiro atoms. The summed E-state index contributed by atoms with van der Waals surface area (Å²) >= 11 is 0. The number of ketones is 1. The number of aromatic carboxylic acids is 1. The predicted octanol–water partition coefficient (Wildman–Crippen LogP) is 3.17. The van der Waals surface area contributed by atoms with Gasteiger partial charge in [-0.15, -0.1) is 0 Å². The highest BCUT2D eigenvalue weighted by Crippen LogP contribution is 2.22. The van der Waals surface area contributed by atoms with Crippen LogP contribution in [-0.2, 0) is 11.3 Å². The Morgan fingerprint density at radius 3 is 2.26 bits per heavy atom. The smallest absolute Gasteiger partial charge is 0.357 e. The van der Waals surface area contributed by atoms with Gasteiger partial charge in [0.15, 0.2) is 11.5 Å². The summed E-state index contributed by atoms with van der Waals surface area (Å²) in [5.74, 6) is -2.12. The van der Waals surface area contributed by atoms with Crippen LogP contribution in [0.3, 0.4) is 0 Å². The van der Waals surface area contributed by atoms with Gasteiger partial charge in [-0.25, -0.2) is 14.3 Å². The number of esters is 1. The number of nitrogens with zero attached hydrogens (tertiary/aromatic N) is 3. The molecule has 0 atom stereocenters. The maximum absolute atomic E-state index is 13.2. The lowest BCUT2D eigenvalue weighted by Gasteiger charge is -2.11. The molecular formula is C25H21N3O6. The zero-order valence-electron chi connectivity index (χ0n) is 18.7. The van der Waals surface area contributed by atoms with Crippen LogP contribution < -0.4 is 5.56 Å². The van der Waals surface area contributed by atoms with Crippen molar-refractivity contribution >= 4 is 28.5 Å². The molecular weight excluding hydrogens is 438 g/mol. The van der Waals surface area contributed by atoms with E-state index in [0.717, 1.165) is 16.1 Å². The zero-order chi connectivity index (χ0) is 24.6. The molecule has 34 heavy (non-hydrogen) atoms. The minimum atomic E-state index is -1.29. The number of ether oxygens (including phenoxy) is 1. The fourth-order valence-electron chi connectivity index (χ4n) is 4.03. The summed E-state index contributed by atoms with van der Waals surface area (Å²) in [6, 6.07) is 14.7. The van der Waals surface area contributed by atoms with E-state index in [2.05, 4.69) is 5.10 Å². The molecule has 1 N–H and O–H groups in total. The first-order valence-electron chi connectivity index (χ1n) is 10.4. The van der Waals surface area contributed by atoms with Gasteiger partial charge in [0.25, 0.3) is 5.56 Å². The Bertz CT molecular complexity index is 1510. The summed E-state index contributed by atoms with van der Waals surface area (Å²) in [6.07, 6.45) is 0. The Morgan fingerprint density at radius 1 is 1.00 bits per heavy atom. The number of aryl methyl sites for hydroxylation is 1. The number of fused-ring (bicyclic) bond motifs is 1. The van der Waals surface area contributed by atoms with Crippen LogP contribution >= 0.6 is 0 Å². The number of hydrogen-bond acceptors (Lipinski definition) is 6. The maximum Gasteiger partial charge on any atom is 0.357 e. The van der Waals surface area contributed by atoms with E-state index in [4.69, 9.17) is 4.74 Å². The molecule has 0 aliphatic carbocycles. The molecule has 4 aromatic rings. The summed E-state index contributed by atoms with van der Waals surface area (Å²) in [6.45, 7) is 3.20. The SMILES string of the molecule is COC(=O)c1ccc(-n2c(C)cc(C(=O)Cn3nc(C(=O)O)c4ccccc4c3=O)c2C)cc1. The molecule has 0 bridgehead atoms. The van der Waals surface area contributed by atoms with Crippen molar-refractivity contribution in [1.29, 1.82) is 0 Å². The van der Waals surface area contributed by atoms with Crippen molar-refractivity contribution in [3.63, 3.8) is 0 Å². The molecule has 0 radical (unpaired) electrons. The number of carbonyl (C=O) groups excluding carboxylic acids is 2. The van der Waals surface area contributed by atoms with Crippen molar-refractivity contribution in [1.82, 2.24) is 14.3 Å². The van der Waals surface area contributed by atoms with Gasteiger partial charge in [-0.05, 0) is 50.2 Å². The van der Waals surface area contributed by atoms with E-state index >= 15 is 0 Å². The number of hydrogen-bond donors (Lipinski definition) is 1. The number of benzene rings is 2. The second-order valence-electron chi connectivity index (χ2n) is 7.74. The highest BCUT2D eigenvalue weighted by molar-refractivity contribution is 6.01. The van der Waals surface area contributed by atoms with Gasteiger partial charge in [0.2, 0.25) is 0 Å². The first kappa shape index (κ1) is 22.7. The zero-order valence-corrected chi connectivity index (χ0v) is 18.7. The Labute approximate surface area is 193 Å². The summed E-state index contributed by atoms with van der Waals surface area (Å²) in [7, 11) is 1.31. The third-order valence-corrected chi connectivity index (χ3v) is 5.64. The highest BCUT2D eigenvalue weighted by Gasteiger charge is 2.21. The van der Waals surface area contributed by atoms with Crippen LogP contribution in [0.2, 0.25) is 0 Å². The lowest BCUT2D eigenvalue weighted by molar-refractivity contribution is 0.0599. The second-order valence-corrected chi connectivity index (χ2v) is 7.74. The molecule has 2 heterocycles. The molecule has 0 saturated heterocycles. The topological polar surface area (TPSA) is 120 Å². The Kier molecular flexibility index (Phi) is 5.85. The Balaban J connectivity index is 1.71. The first-order valence-corrected chi connectivity index (χ1v) is 10.4. The Morgan fingerprint density at radius 2 is 1.65 bits per heavy atom. The molecule has 0 amide bonds. The van der Waals surface area contributed by atoms with Gasteiger partial charge in [-0.1, -0.05) is 18.2 Å². The number of carboxylic acid groups (broad SMARTS) is 1. The van der Waals surface area contributed by atoms with Crippen LogP contribution in [0.15, 0.2) is 59.4 Å². The van der Waals surface area contributed by atoms with Gasteiger partial charge >= 0.3 is 11.9 Å². The normalized spacial score (nSPS) is 10.9. The molecule has 9 nitrogen and oxygen atoms in total. The minimum Gasteiger partial charge on any atom is -0.476 e. The summed E-state index contributed by atoms with van der Waals surface area (Å²) < 4.78 is 7.47. The summed E-state index contributed by atoms with van der Waals surface area (Å²) in [5, 5.41) is 13.9. The average molecular weight is 459 g/mol. The van der Waals surface area contributed by atoms with Crippen LogP contribution in [0.1, 0.15) is 42.6 Å². The lowest BCUT2D eigenvalue weighted by atomic mass is 10.1. The van der Waals surface area contributed by atoms with Crippen LogP contribution in [-0.4, -0.2) is 44.3 Å². The van der Waals surface area contributed by atoms with E-state index in [9.17, 15) is 24.3 Å². The van der Waals surface area contributed by atoms with Gasteiger partial charge in [-0.2, -0.15) is 5.10 Å².